The third-order valence-electron chi connectivity index (χ3n) is 4.67. The number of amides is 1. The maximum absolute atomic E-state index is 12.0. The van der Waals surface area contributed by atoms with E-state index in [9.17, 15) is 9.59 Å². The SMILES string of the molecule is CC(Cc1cc2c(OCC#N)cccc2n1Cc1ccccc1)C(=O)C(N)=O. The first kappa shape index (κ1) is 19.2. The molecular formula is C22H21N3O3. The Hall–Kier alpha value is -3.59. The van der Waals surface area contributed by atoms with Crippen LogP contribution in [0.15, 0.2) is 54.6 Å². The minimum atomic E-state index is -0.920. The molecule has 1 unspecified atom stereocenters. The monoisotopic (exact) mass is 375 g/mol. The lowest BCUT2D eigenvalue weighted by Crippen LogP contribution is -2.30. The van der Waals surface area contributed by atoms with Gasteiger partial charge in [0.2, 0.25) is 5.78 Å². The summed E-state index contributed by atoms with van der Waals surface area (Å²) in [5, 5.41) is 9.69. The molecule has 1 aromatic heterocycles. The molecule has 1 atom stereocenters. The van der Waals surface area contributed by atoms with E-state index in [4.69, 9.17) is 15.7 Å². The second-order valence-electron chi connectivity index (χ2n) is 6.68. The number of aromatic nitrogens is 1. The summed E-state index contributed by atoms with van der Waals surface area (Å²) in [4.78, 5) is 23.3. The average Bonchev–Trinajstić information content (AvgIpc) is 3.04. The number of nitriles is 1. The average molecular weight is 375 g/mol. The molecule has 0 saturated carbocycles. The Morgan fingerprint density at radius 1 is 1.18 bits per heavy atom. The zero-order valence-corrected chi connectivity index (χ0v) is 15.6. The first-order valence-electron chi connectivity index (χ1n) is 8.99. The fraction of sp³-hybridized carbons (Fsp3) is 0.227. The molecule has 0 saturated heterocycles. The largest absolute Gasteiger partial charge is 0.478 e. The summed E-state index contributed by atoms with van der Waals surface area (Å²) in [6.45, 7) is 2.26. The normalized spacial score (nSPS) is 11.7. The van der Waals surface area contributed by atoms with Crippen molar-refractivity contribution in [1.29, 1.82) is 5.26 Å². The Morgan fingerprint density at radius 2 is 1.93 bits per heavy atom. The Morgan fingerprint density at radius 3 is 2.61 bits per heavy atom. The molecule has 0 bridgehead atoms. The van der Waals surface area contributed by atoms with Gasteiger partial charge in [-0.1, -0.05) is 43.3 Å². The molecule has 0 fully saturated rings. The lowest BCUT2D eigenvalue weighted by Gasteiger charge is -2.14. The van der Waals surface area contributed by atoms with Gasteiger partial charge in [0.05, 0.1) is 5.52 Å². The molecule has 0 aliphatic rings. The van der Waals surface area contributed by atoms with Gasteiger partial charge in [0.1, 0.15) is 11.8 Å². The number of Topliss-reactive ketones (excluding diaryl/α,β-unsaturated/α-hetero) is 1. The molecule has 1 heterocycles. The molecule has 0 spiro atoms. The predicted octanol–water partition coefficient (Wildman–Crippen LogP) is 2.82. The van der Waals surface area contributed by atoms with Gasteiger partial charge in [0.15, 0.2) is 6.61 Å². The van der Waals surface area contributed by atoms with E-state index in [1.807, 2.05) is 60.7 Å². The zero-order valence-electron chi connectivity index (χ0n) is 15.6. The fourth-order valence-corrected chi connectivity index (χ4v) is 3.32. The number of primary amides is 1. The van der Waals surface area contributed by atoms with Gasteiger partial charge in [-0.3, -0.25) is 9.59 Å². The van der Waals surface area contributed by atoms with Crippen LogP contribution < -0.4 is 10.5 Å². The molecule has 0 radical (unpaired) electrons. The van der Waals surface area contributed by atoms with Crippen molar-refractivity contribution in [2.24, 2.45) is 11.7 Å². The standard InChI is InChI=1S/C22H21N3O3/c1-15(21(26)22(24)27)12-17-13-18-19(8-5-9-20(18)28-11-10-23)25(17)14-16-6-3-2-4-7-16/h2-9,13,15H,11-12,14H2,1H3,(H2,24,27). The number of nitrogens with zero attached hydrogens (tertiary/aromatic N) is 2. The van der Waals surface area contributed by atoms with Gasteiger partial charge in [0, 0.05) is 23.5 Å². The highest BCUT2D eigenvalue weighted by atomic mass is 16.5. The number of carbonyl (C=O) groups is 2. The first-order valence-corrected chi connectivity index (χ1v) is 8.99. The third kappa shape index (κ3) is 4.04. The number of hydrogen-bond acceptors (Lipinski definition) is 4. The maximum atomic E-state index is 12.0. The third-order valence-corrected chi connectivity index (χ3v) is 4.67. The molecular weight excluding hydrogens is 354 g/mol. The van der Waals surface area contributed by atoms with Crippen molar-refractivity contribution >= 4 is 22.6 Å². The van der Waals surface area contributed by atoms with Crippen LogP contribution in [0.1, 0.15) is 18.2 Å². The lowest BCUT2D eigenvalue weighted by molar-refractivity contribution is -0.138. The quantitative estimate of drug-likeness (QED) is 0.612. The summed E-state index contributed by atoms with van der Waals surface area (Å²) in [5.41, 5.74) is 8.11. The second kappa shape index (κ2) is 8.40. The number of rotatable bonds is 8. The van der Waals surface area contributed by atoms with E-state index in [2.05, 4.69) is 4.57 Å². The molecule has 1 amide bonds. The zero-order chi connectivity index (χ0) is 20.1. The molecule has 6 heteroatoms. The number of ether oxygens (including phenoxy) is 1. The van der Waals surface area contributed by atoms with Gasteiger partial charge in [-0.25, -0.2) is 0 Å². The van der Waals surface area contributed by atoms with Crippen LogP contribution >= 0.6 is 0 Å². The molecule has 3 aromatic rings. The van der Waals surface area contributed by atoms with E-state index >= 15 is 0 Å². The highest BCUT2D eigenvalue weighted by Gasteiger charge is 2.22. The van der Waals surface area contributed by atoms with Crippen LogP contribution in [0.4, 0.5) is 0 Å². The smallest absolute Gasteiger partial charge is 0.285 e. The van der Waals surface area contributed by atoms with Crippen LogP contribution in [0.3, 0.4) is 0 Å². The highest BCUT2D eigenvalue weighted by Crippen LogP contribution is 2.31. The second-order valence-corrected chi connectivity index (χ2v) is 6.68. The summed E-state index contributed by atoms with van der Waals surface area (Å²) < 4.78 is 7.67. The van der Waals surface area contributed by atoms with E-state index in [0.717, 1.165) is 22.2 Å². The minimum absolute atomic E-state index is 0.0467. The molecule has 3 rings (SSSR count). The number of nitrogens with two attached hydrogens (primary N) is 1. The molecule has 6 nitrogen and oxygen atoms in total. The van der Waals surface area contributed by atoms with Gasteiger partial charge >= 0.3 is 0 Å². The van der Waals surface area contributed by atoms with Gasteiger partial charge < -0.3 is 15.0 Å². The number of fused-ring (bicyclic) bond motifs is 1. The van der Waals surface area contributed by atoms with Crippen molar-refractivity contribution < 1.29 is 14.3 Å². The Bertz CT molecular complexity index is 1050. The van der Waals surface area contributed by atoms with Gasteiger partial charge in [0.25, 0.3) is 5.91 Å². The molecule has 0 aliphatic heterocycles. The first-order chi connectivity index (χ1) is 13.5. The number of hydrogen-bond donors (Lipinski definition) is 1. The van der Waals surface area contributed by atoms with Crippen molar-refractivity contribution in [3.63, 3.8) is 0 Å². The summed E-state index contributed by atoms with van der Waals surface area (Å²) in [5.74, 6) is -1.42. The van der Waals surface area contributed by atoms with Crippen LogP contribution in [0, 0.1) is 17.2 Å². The number of benzene rings is 2. The Labute approximate surface area is 163 Å². The van der Waals surface area contributed by atoms with Crippen molar-refractivity contribution in [3.8, 4) is 11.8 Å². The van der Waals surface area contributed by atoms with Crippen molar-refractivity contribution in [3.05, 3.63) is 65.9 Å². The van der Waals surface area contributed by atoms with Crippen molar-refractivity contribution in [2.75, 3.05) is 6.61 Å². The van der Waals surface area contributed by atoms with Gasteiger partial charge in [-0.2, -0.15) is 5.26 Å². The van der Waals surface area contributed by atoms with E-state index in [0.29, 0.717) is 18.7 Å². The van der Waals surface area contributed by atoms with Crippen molar-refractivity contribution in [1.82, 2.24) is 4.57 Å². The van der Waals surface area contributed by atoms with Crippen LogP contribution in [0.25, 0.3) is 10.9 Å². The molecule has 2 aromatic carbocycles. The molecule has 0 aliphatic carbocycles. The summed E-state index contributed by atoms with van der Waals surface area (Å²) in [6.07, 6.45) is 0.376. The molecule has 28 heavy (non-hydrogen) atoms. The molecule has 2 N–H and O–H groups in total. The highest BCUT2D eigenvalue weighted by molar-refractivity contribution is 6.36. The summed E-state index contributed by atoms with van der Waals surface area (Å²) in [7, 11) is 0. The van der Waals surface area contributed by atoms with Crippen molar-refractivity contribution in [2.45, 2.75) is 19.9 Å². The Kier molecular flexibility index (Phi) is 5.75. The van der Waals surface area contributed by atoms with E-state index in [-0.39, 0.29) is 6.61 Å². The van der Waals surface area contributed by atoms with E-state index in [1.165, 1.54) is 0 Å². The lowest BCUT2D eigenvalue weighted by atomic mass is 10.00. The number of carbonyl (C=O) groups excluding carboxylic acids is 2. The van der Waals surface area contributed by atoms with Gasteiger partial charge in [-0.15, -0.1) is 0 Å². The summed E-state index contributed by atoms with van der Waals surface area (Å²) >= 11 is 0. The predicted molar refractivity (Wildman–Crippen MR) is 106 cm³/mol. The van der Waals surface area contributed by atoms with Crippen LogP contribution in [-0.2, 0) is 22.6 Å². The van der Waals surface area contributed by atoms with Crippen LogP contribution in [0.5, 0.6) is 5.75 Å². The minimum Gasteiger partial charge on any atom is -0.478 e. The number of ketones is 1. The van der Waals surface area contributed by atoms with E-state index in [1.54, 1.807) is 6.92 Å². The fourth-order valence-electron chi connectivity index (χ4n) is 3.32. The molecule has 142 valence electrons. The Balaban J connectivity index is 2.06. The van der Waals surface area contributed by atoms with Gasteiger partial charge in [-0.05, 0) is 30.2 Å². The topological polar surface area (TPSA) is 98.1 Å². The van der Waals surface area contributed by atoms with E-state index < -0.39 is 17.6 Å². The maximum Gasteiger partial charge on any atom is 0.285 e. The van der Waals surface area contributed by atoms with Crippen LogP contribution in [-0.4, -0.2) is 22.9 Å². The summed E-state index contributed by atoms with van der Waals surface area (Å²) in [6, 6.07) is 19.6. The van der Waals surface area contributed by atoms with Crippen LogP contribution in [0.2, 0.25) is 0 Å².